The molecule has 2 nitrogen and oxygen atoms in total. The fourth-order valence-corrected chi connectivity index (χ4v) is 1.96. The molecule has 13 heavy (non-hydrogen) atoms. The SMILES string of the molecule is O=C1OC(c2ccccc2)SC1F. The van der Waals surface area contributed by atoms with Gasteiger partial charge in [-0.3, -0.25) is 0 Å². The second-order valence-electron chi connectivity index (χ2n) is 2.63. The fourth-order valence-electron chi connectivity index (χ4n) is 1.11. The summed E-state index contributed by atoms with van der Waals surface area (Å²) in [4.78, 5) is 10.7. The monoisotopic (exact) mass is 198 g/mol. The molecule has 1 fully saturated rings. The molecule has 1 aliphatic rings. The molecule has 0 bridgehead atoms. The van der Waals surface area contributed by atoms with Crippen LogP contribution in [0.15, 0.2) is 30.3 Å². The van der Waals surface area contributed by atoms with Gasteiger partial charge in [-0.1, -0.05) is 42.1 Å². The molecule has 2 rings (SSSR count). The third kappa shape index (κ3) is 1.67. The number of hydrogen-bond acceptors (Lipinski definition) is 3. The number of carbonyl (C=O) groups excluding carboxylic acids is 1. The van der Waals surface area contributed by atoms with Gasteiger partial charge in [-0.05, 0) is 0 Å². The summed E-state index contributed by atoms with van der Waals surface area (Å²) in [6.07, 6.45) is 0. The van der Waals surface area contributed by atoms with Gasteiger partial charge in [0, 0.05) is 5.56 Å². The highest BCUT2D eigenvalue weighted by molar-refractivity contribution is 8.00. The first-order chi connectivity index (χ1) is 6.27. The highest BCUT2D eigenvalue weighted by Gasteiger charge is 2.35. The molecule has 68 valence electrons. The largest absolute Gasteiger partial charge is 0.443 e. The smallest absolute Gasteiger partial charge is 0.353 e. The Hall–Kier alpha value is -1.03. The Kier molecular flexibility index (Phi) is 2.22. The third-order valence-electron chi connectivity index (χ3n) is 1.72. The Bertz CT molecular complexity index is 315. The van der Waals surface area contributed by atoms with E-state index in [0.29, 0.717) is 0 Å². The van der Waals surface area contributed by atoms with Gasteiger partial charge < -0.3 is 4.74 Å². The van der Waals surface area contributed by atoms with Crippen LogP contribution >= 0.6 is 11.8 Å². The van der Waals surface area contributed by atoms with Crippen molar-refractivity contribution < 1.29 is 13.9 Å². The molecule has 1 aliphatic heterocycles. The summed E-state index contributed by atoms with van der Waals surface area (Å²) in [6, 6.07) is 9.13. The second kappa shape index (κ2) is 3.38. The topological polar surface area (TPSA) is 26.3 Å². The molecule has 2 unspecified atom stereocenters. The number of thioether (sulfide) groups is 1. The first-order valence-electron chi connectivity index (χ1n) is 3.82. The van der Waals surface area contributed by atoms with E-state index >= 15 is 0 Å². The Morgan fingerprint density at radius 1 is 1.31 bits per heavy atom. The molecular formula is C9H7FO2S. The van der Waals surface area contributed by atoms with Crippen LogP contribution < -0.4 is 0 Å². The number of ether oxygens (including phenoxy) is 1. The van der Waals surface area contributed by atoms with Gasteiger partial charge in [-0.15, -0.1) is 0 Å². The molecule has 1 aromatic rings. The Labute approximate surface area is 79.1 Å². The van der Waals surface area contributed by atoms with Crippen molar-refractivity contribution in [1.29, 1.82) is 0 Å². The van der Waals surface area contributed by atoms with E-state index in [-0.39, 0.29) is 0 Å². The van der Waals surface area contributed by atoms with Crippen molar-refractivity contribution in [3.05, 3.63) is 35.9 Å². The van der Waals surface area contributed by atoms with Crippen molar-refractivity contribution in [2.24, 2.45) is 0 Å². The highest BCUT2D eigenvalue weighted by Crippen LogP contribution is 2.40. The van der Waals surface area contributed by atoms with Crippen LogP contribution in [0.1, 0.15) is 11.0 Å². The van der Waals surface area contributed by atoms with Crippen LogP contribution in [0.4, 0.5) is 4.39 Å². The normalized spacial score (nSPS) is 27.3. The summed E-state index contributed by atoms with van der Waals surface area (Å²) in [6.45, 7) is 0. The summed E-state index contributed by atoms with van der Waals surface area (Å²) in [5.74, 6) is -0.779. The van der Waals surface area contributed by atoms with Gasteiger partial charge >= 0.3 is 5.97 Å². The minimum Gasteiger partial charge on any atom is -0.443 e. The maximum absolute atomic E-state index is 12.7. The lowest BCUT2D eigenvalue weighted by Crippen LogP contribution is -2.04. The average Bonchev–Trinajstić information content (AvgIpc) is 2.49. The molecule has 0 aliphatic carbocycles. The molecule has 1 saturated heterocycles. The summed E-state index contributed by atoms with van der Waals surface area (Å²) >= 11 is 0.888. The lowest BCUT2D eigenvalue weighted by Gasteiger charge is -2.06. The first-order valence-corrected chi connectivity index (χ1v) is 4.76. The number of esters is 1. The highest BCUT2D eigenvalue weighted by atomic mass is 32.2. The maximum atomic E-state index is 12.7. The molecular weight excluding hydrogens is 191 g/mol. The van der Waals surface area contributed by atoms with Gasteiger partial charge in [0.15, 0.2) is 5.44 Å². The van der Waals surface area contributed by atoms with Crippen LogP contribution in [0.5, 0.6) is 0 Å². The van der Waals surface area contributed by atoms with Crippen LogP contribution in [-0.2, 0) is 9.53 Å². The van der Waals surface area contributed by atoms with Crippen molar-refractivity contribution >= 4 is 17.7 Å². The molecule has 0 amide bonds. The summed E-state index contributed by atoms with van der Waals surface area (Å²) < 4.78 is 17.5. The molecule has 0 N–H and O–H groups in total. The summed E-state index contributed by atoms with van der Waals surface area (Å²) in [7, 11) is 0. The lowest BCUT2D eigenvalue weighted by molar-refractivity contribution is -0.145. The van der Waals surface area contributed by atoms with Gasteiger partial charge in [0.05, 0.1) is 0 Å². The molecule has 0 saturated carbocycles. The quantitative estimate of drug-likeness (QED) is 0.647. The van der Waals surface area contributed by atoms with Crippen LogP contribution in [0.2, 0.25) is 0 Å². The standard InChI is InChI=1S/C9H7FO2S/c10-7-8(11)12-9(13-7)6-4-2-1-3-5-6/h1-5,7,9H. The minimum absolute atomic E-state index is 0.483. The Morgan fingerprint density at radius 2 is 2.00 bits per heavy atom. The van der Waals surface area contributed by atoms with Crippen LogP contribution in [-0.4, -0.2) is 11.5 Å². The predicted octanol–water partition coefficient (Wildman–Crippen LogP) is 2.27. The van der Waals surface area contributed by atoms with Crippen molar-refractivity contribution in [3.8, 4) is 0 Å². The fraction of sp³-hybridized carbons (Fsp3) is 0.222. The number of cyclic esters (lactones) is 1. The van der Waals surface area contributed by atoms with E-state index < -0.39 is 16.9 Å². The number of rotatable bonds is 1. The zero-order chi connectivity index (χ0) is 9.26. The number of hydrogen-bond donors (Lipinski definition) is 0. The average molecular weight is 198 g/mol. The number of halogens is 1. The molecule has 1 heterocycles. The molecule has 1 aromatic carbocycles. The number of alkyl halides is 1. The van der Waals surface area contributed by atoms with Gasteiger partial charge in [0.2, 0.25) is 5.50 Å². The van der Waals surface area contributed by atoms with Gasteiger partial charge in [-0.25, -0.2) is 9.18 Å². The van der Waals surface area contributed by atoms with E-state index in [4.69, 9.17) is 4.74 Å². The van der Waals surface area contributed by atoms with E-state index in [2.05, 4.69) is 0 Å². The van der Waals surface area contributed by atoms with E-state index in [1.54, 1.807) is 0 Å². The molecule has 0 spiro atoms. The van der Waals surface area contributed by atoms with E-state index in [1.807, 2.05) is 30.3 Å². The van der Waals surface area contributed by atoms with Crippen LogP contribution in [0, 0.1) is 0 Å². The Balaban J connectivity index is 2.17. The molecule has 0 radical (unpaired) electrons. The second-order valence-corrected chi connectivity index (χ2v) is 3.75. The predicted molar refractivity (Wildman–Crippen MR) is 47.8 cm³/mol. The van der Waals surface area contributed by atoms with Gasteiger partial charge in [-0.2, -0.15) is 0 Å². The van der Waals surface area contributed by atoms with E-state index in [0.717, 1.165) is 17.3 Å². The van der Waals surface area contributed by atoms with Crippen LogP contribution in [0.25, 0.3) is 0 Å². The zero-order valence-corrected chi connectivity index (χ0v) is 7.46. The zero-order valence-electron chi connectivity index (χ0n) is 6.64. The molecule has 0 aromatic heterocycles. The van der Waals surface area contributed by atoms with E-state index in [9.17, 15) is 9.18 Å². The van der Waals surface area contributed by atoms with Crippen LogP contribution in [0.3, 0.4) is 0 Å². The summed E-state index contributed by atoms with van der Waals surface area (Å²) in [5, 5.41) is 0. The van der Waals surface area contributed by atoms with Crippen molar-refractivity contribution in [3.63, 3.8) is 0 Å². The third-order valence-corrected chi connectivity index (χ3v) is 2.77. The van der Waals surface area contributed by atoms with Crippen molar-refractivity contribution in [2.45, 2.75) is 10.9 Å². The van der Waals surface area contributed by atoms with Crippen molar-refractivity contribution in [1.82, 2.24) is 0 Å². The Morgan fingerprint density at radius 3 is 2.54 bits per heavy atom. The van der Waals surface area contributed by atoms with Gasteiger partial charge in [0.1, 0.15) is 0 Å². The molecule has 2 atom stereocenters. The van der Waals surface area contributed by atoms with Crippen molar-refractivity contribution in [2.75, 3.05) is 0 Å². The number of carbonyl (C=O) groups is 1. The maximum Gasteiger partial charge on any atom is 0.353 e. The van der Waals surface area contributed by atoms with E-state index in [1.165, 1.54) is 0 Å². The molecule has 4 heteroatoms. The first kappa shape index (κ1) is 8.56. The van der Waals surface area contributed by atoms with Gasteiger partial charge in [0.25, 0.3) is 0 Å². The number of benzene rings is 1. The lowest BCUT2D eigenvalue weighted by atomic mass is 10.2. The summed E-state index contributed by atoms with van der Waals surface area (Å²) in [5.41, 5.74) is -1.20. The minimum atomic E-state index is -1.54.